The van der Waals surface area contributed by atoms with Gasteiger partial charge in [0.05, 0.1) is 12.7 Å². The van der Waals surface area contributed by atoms with Crippen molar-refractivity contribution < 1.29 is 24.5 Å². The SMILES string of the molecule is CCOC1CCN(C(=O)N[C@@H](CO)C(=O)O)CC1. The molecule has 0 unspecified atom stereocenters. The van der Waals surface area contributed by atoms with Crippen LogP contribution >= 0.6 is 0 Å². The number of likely N-dealkylation sites (tertiary alicyclic amines) is 1. The van der Waals surface area contributed by atoms with Gasteiger partial charge in [-0.1, -0.05) is 0 Å². The number of piperidine rings is 1. The number of ether oxygens (including phenoxy) is 1. The third kappa shape index (κ3) is 4.15. The number of aliphatic carboxylic acids is 1. The van der Waals surface area contributed by atoms with Gasteiger partial charge in [-0.3, -0.25) is 0 Å². The van der Waals surface area contributed by atoms with Crippen LogP contribution in [0.15, 0.2) is 0 Å². The summed E-state index contributed by atoms with van der Waals surface area (Å²) in [4.78, 5) is 24.0. The molecule has 2 amide bonds. The molecule has 0 aliphatic carbocycles. The first-order valence-electron chi connectivity index (χ1n) is 6.09. The van der Waals surface area contributed by atoms with E-state index in [0.717, 1.165) is 12.8 Å². The van der Waals surface area contributed by atoms with Crippen molar-refractivity contribution in [1.82, 2.24) is 10.2 Å². The van der Waals surface area contributed by atoms with Crippen LogP contribution in [-0.2, 0) is 9.53 Å². The van der Waals surface area contributed by atoms with E-state index < -0.39 is 24.6 Å². The van der Waals surface area contributed by atoms with Crippen molar-refractivity contribution in [1.29, 1.82) is 0 Å². The van der Waals surface area contributed by atoms with Gasteiger partial charge in [0, 0.05) is 19.7 Å². The third-order valence-corrected chi connectivity index (χ3v) is 2.91. The number of nitrogens with one attached hydrogen (secondary N) is 1. The summed E-state index contributed by atoms with van der Waals surface area (Å²) in [5.74, 6) is -1.24. The summed E-state index contributed by atoms with van der Waals surface area (Å²) in [5.41, 5.74) is 0. The normalized spacial score (nSPS) is 18.4. The second kappa shape index (κ2) is 7.17. The molecule has 0 bridgehead atoms. The van der Waals surface area contributed by atoms with Crippen LogP contribution in [-0.4, -0.2) is 65.6 Å². The predicted octanol–water partition coefficient (Wildman–Crippen LogP) is -0.358. The number of hydrogen-bond donors (Lipinski definition) is 3. The van der Waals surface area contributed by atoms with E-state index in [1.807, 2.05) is 6.92 Å². The smallest absolute Gasteiger partial charge is 0.328 e. The van der Waals surface area contributed by atoms with Gasteiger partial charge in [0.15, 0.2) is 6.04 Å². The van der Waals surface area contributed by atoms with Crippen LogP contribution in [0.1, 0.15) is 19.8 Å². The molecule has 1 saturated heterocycles. The summed E-state index contributed by atoms with van der Waals surface area (Å²) in [6.45, 7) is 3.04. The van der Waals surface area contributed by atoms with Gasteiger partial charge in [0.2, 0.25) is 0 Å². The van der Waals surface area contributed by atoms with Crippen LogP contribution in [0.3, 0.4) is 0 Å². The van der Waals surface area contributed by atoms with E-state index in [1.165, 1.54) is 0 Å². The highest BCUT2D eigenvalue weighted by Crippen LogP contribution is 2.13. The van der Waals surface area contributed by atoms with Gasteiger partial charge in [-0.2, -0.15) is 0 Å². The molecule has 1 rings (SSSR count). The fourth-order valence-electron chi connectivity index (χ4n) is 1.89. The van der Waals surface area contributed by atoms with Gasteiger partial charge in [-0.15, -0.1) is 0 Å². The molecule has 7 nitrogen and oxygen atoms in total. The summed E-state index contributed by atoms with van der Waals surface area (Å²) < 4.78 is 5.46. The van der Waals surface area contributed by atoms with Crippen molar-refractivity contribution in [2.45, 2.75) is 31.9 Å². The van der Waals surface area contributed by atoms with E-state index in [-0.39, 0.29) is 6.10 Å². The molecule has 18 heavy (non-hydrogen) atoms. The number of rotatable bonds is 5. The van der Waals surface area contributed by atoms with Crippen LogP contribution in [0.5, 0.6) is 0 Å². The van der Waals surface area contributed by atoms with Crippen molar-refractivity contribution in [2.24, 2.45) is 0 Å². The lowest BCUT2D eigenvalue weighted by Crippen LogP contribution is -2.52. The highest BCUT2D eigenvalue weighted by molar-refractivity contribution is 5.82. The highest BCUT2D eigenvalue weighted by Gasteiger charge is 2.26. The Morgan fingerprint density at radius 1 is 1.44 bits per heavy atom. The Labute approximate surface area is 106 Å². The number of hydrogen-bond acceptors (Lipinski definition) is 4. The molecule has 0 aromatic rings. The molecule has 104 valence electrons. The van der Waals surface area contributed by atoms with E-state index in [9.17, 15) is 9.59 Å². The van der Waals surface area contributed by atoms with E-state index in [1.54, 1.807) is 4.90 Å². The molecule has 7 heteroatoms. The van der Waals surface area contributed by atoms with Gasteiger partial charge in [0.25, 0.3) is 0 Å². The molecular weight excluding hydrogens is 240 g/mol. The lowest BCUT2D eigenvalue weighted by molar-refractivity contribution is -0.140. The fourth-order valence-corrected chi connectivity index (χ4v) is 1.89. The Balaban J connectivity index is 2.38. The second-order valence-corrected chi connectivity index (χ2v) is 4.16. The lowest BCUT2D eigenvalue weighted by Gasteiger charge is -2.32. The van der Waals surface area contributed by atoms with E-state index in [4.69, 9.17) is 14.9 Å². The topological polar surface area (TPSA) is 99.1 Å². The van der Waals surface area contributed by atoms with Crippen molar-refractivity contribution in [3.63, 3.8) is 0 Å². The molecule has 0 aromatic carbocycles. The minimum atomic E-state index is -1.25. The maximum Gasteiger partial charge on any atom is 0.328 e. The first-order valence-corrected chi connectivity index (χ1v) is 6.09. The highest BCUT2D eigenvalue weighted by atomic mass is 16.5. The minimum Gasteiger partial charge on any atom is -0.480 e. The molecule has 1 aliphatic heterocycles. The number of aliphatic hydroxyl groups is 1. The summed E-state index contributed by atoms with van der Waals surface area (Å²) in [6.07, 6.45) is 1.67. The first-order chi connectivity index (χ1) is 8.58. The molecule has 3 N–H and O–H groups in total. The van der Waals surface area contributed by atoms with Gasteiger partial charge in [-0.05, 0) is 19.8 Å². The number of aliphatic hydroxyl groups excluding tert-OH is 1. The van der Waals surface area contributed by atoms with Crippen molar-refractivity contribution in [3.8, 4) is 0 Å². The average Bonchev–Trinajstić information content (AvgIpc) is 2.36. The zero-order valence-corrected chi connectivity index (χ0v) is 10.5. The Bertz CT molecular complexity index is 289. The van der Waals surface area contributed by atoms with Gasteiger partial charge in [-0.25, -0.2) is 9.59 Å². The molecule has 0 aromatic heterocycles. The number of carbonyl (C=O) groups excluding carboxylic acids is 1. The summed E-state index contributed by atoms with van der Waals surface area (Å²) in [7, 11) is 0. The standard InChI is InChI=1S/C11H20N2O5/c1-2-18-8-3-5-13(6-4-8)11(17)12-9(7-14)10(15)16/h8-9,14H,2-7H2,1H3,(H,12,17)(H,15,16)/t9-/m0/s1. The van der Waals surface area contributed by atoms with E-state index in [2.05, 4.69) is 5.32 Å². The van der Waals surface area contributed by atoms with Crippen LogP contribution in [0.25, 0.3) is 0 Å². The van der Waals surface area contributed by atoms with Crippen molar-refractivity contribution in [3.05, 3.63) is 0 Å². The molecular formula is C11H20N2O5. The predicted molar refractivity (Wildman–Crippen MR) is 63.3 cm³/mol. The number of amides is 2. The third-order valence-electron chi connectivity index (χ3n) is 2.91. The van der Waals surface area contributed by atoms with Gasteiger partial charge in [0.1, 0.15) is 0 Å². The van der Waals surface area contributed by atoms with Crippen LogP contribution in [0.2, 0.25) is 0 Å². The average molecular weight is 260 g/mol. The van der Waals surface area contributed by atoms with Crippen LogP contribution in [0.4, 0.5) is 4.79 Å². The molecule has 1 aliphatic rings. The fraction of sp³-hybridized carbons (Fsp3) is 0.818. The van der Waals surface area contributed by atoms with E-state index >= 15 is 0 Å². The lowest BCUT2D eigenvalue weighted by atomic mass is 10.1. The van der Waals surface area contributed by atoms with E-state index in [0.29, 0.717) is 19.7 Å². The maximum atomic E-state index is 11.7. The van der Waals surface area contributed by atoms with Crippen LogP contribution in [0, 0.1) is 0 Å². The maximum absolute atomic E-state index is 11.7. The zero-order valence-electron chi connectivity index (χ0n) is 10.5. The van der Waals surface area contributed by atoms with Crippen molar-refractivity contribution >= 4 is 12.0 Å². The zero-order chi connectivity index (χ0) is 13.5. The summed E-state index contributed by atoms with van der Waals surface area (Å²) >= 11 is 0. The Morgan fingerprint density at radius 3 is 2.50 bits per heavy atom. The first kappa shape index (κ1) is 14.7. The Hall–Kier alpha value is -1.34. The van der Waals surface area contributed by atoms with Gasteiger partial charge < -0.3 is 25.2 Å². The quantitative estimate of drug-likeness (QED) is 0.627. The molecule has 0 radical (unpaired) electrons. The second-order valence-electron chi connectivity index (χ2n) is 4.16. The summed E-state index contributed by atoms with van der Waals surface area (Å²) in [5, 5.41) is 19.8. The number of carbonyl (C=O) groups is 2. The minimum absolute atomic E-state index is 0.173. The Kier molecular flexibility index (Phi) is 5.87. The monoisotopic (exact) mass is 260 g/mol. The summed E-state index contributed by atoms with van der Waals surface area (Å²) in [6, 6.07) is -1.70. The number of urea groups is 1. The molecule has 1 fully saturated rings. The number of nitrogens with zero attached hydrogens (tertiary/aromatic N) is 1. The number of carboxylic acids is 1. The number of carboxylic acid groups (broad SMARTS) is 1. The molecule has 1 heterocycles. The molecule has 0 spiro atoms. The van der Waals surface area contributed by atoms with Crippen molar-refractivity contribution in [2.75, 3.05) is 26.3 Å². The molecule has 0 saturated carbocycles. The molecule has 1 atom stereocenters. The largest absolute Gasteiger partial charge is 0.480 e. The van der Waals surface area contributed by atoms with Gasteiger partial charge >= 0.3 is 12.0 Å². The Morgan fingerprint density at radius 2 is 2.06 bits per heavy atom. The van der Waals surface area contributed by atoms with Crippen LogP contribution < -0.4 is 5.32 Å².